The number of ether oxygens (including phenoxy) is 3. The van der Waals surface area contributed by atoms with E-state index in [2.05, 4.69) is 20.0 Å². The van der Waals surface area contributed by atoms with E-state index in [1.54, 1.807) is 107 Å². The van der Waals surface area contributed by atoms with Crippen molar-refractivity contribution >= 4 is 52.2 Å². The monoisotopic (exact) mass is 655 g/mol. The second kappa shape index (κ2) is 15.2. The van der Waals surface area contributed by atoms with E-state index >= 15 is 0 Å². The molecule has 0 radical (unpaired) electrons. The number of imidazole rings is 1. The van der Waals surface area contributed by atoms with Gasteiger partial charge in [-0.05, 0) is 94.4 Å². The lowest BCUT2D eigenvalue weighted by Crippen LogP contribution is -2.40. The minimum Gasteiger partial charge on any atom is -0.476 e. The van der Waals surface area contributed by atoms with Gasteiger partial charge in [-0.2, -0.15) is 0 Å². The van der Waals surface area contributed by atoms with Crippen molar-refractivity contribution in [1.82, 2.24) is 9.97 Å². The number of hydrogen-bond donors (Lipinski definition) is 2. The van der Waals surface area contributed by atoms with Gasteiger partial charge in [0.2, 0.25) is 5.95 Å². The number of nitrogens with one attached hydrogen (secondary N) is 2. The maximum absolute atomic E-state index is 12.4. The Morgan fingerprint density at radius 2 is 1.34 bits per heavy atom. The van der Waals surface area contributed by atoms with E-state index in [-0.39, 0.29) is 23.6 Å². The quantitative estimate of drug-likeness (QED) is 0.122. The van der Waals surface area contributed by atoms with Crippen LogP contribution in [0.3, 0.4) is 0 Å². The Bertz CT molecular complexity index is 1870. The highest BCUT2D eigenvalue weighted by molar-refractivity contribution is 6.30. The largest absolute Gasteiger partial charge is 0.476 e. The highest BCUT2D eigenvalue weighted by Crippen LogP contribution is 2.23. The minimum absolute atomic E-state index is 0.0698. The van der Waals surface area contributed by atoms with Crippen molar-refractivity contribution in [2.45, 2.75) is 39.4 Å². The summed E-state index contributed by atoms with van der Waals surface area (Å²) in [4.78, 5) is 55.2. The van der Waals surface area contributed by atoms with Crippen molar-refractivity contribution in [2.75, 3.05) is 12.4 Å². The molecule has 0 bridgehead atoms. The lowest BCUT2D eigenvalue weighted by Gasteiger charge is -2.25. The fraction of sp³-hybridized carbons (Fsp3) is 0.194. The van der Waals surface area contributed by atoms with Crippen molar-refractivity contribution in [2.24, 2.45) is 0 Å². The smallest absolute Gasteiger partial charge is 0.413 e. The number of methoxy groups -OCH3 is 1. The number of aromatic amines is 1. The number of halogens is 1. The van der Waals surface area contributed by atoms with E-state index in [1.807, 2.05) is 18.2 Å². The van der Waals surface area contributed by atoms with Crippen LogP contribution in [0, 0.1) is 0 Å². The van der Waals surface area contributed by atoms with Gasteiger partial charge in [-0.25, -0.2) is 14.6 Å². The highest BCUT2D eigenvalue weighted by Gasteiger charge is 2.32. The molecule has 1 heterocycles. The average molecular weight is 656 g/mol. The Morgan fingerprint density at radius 3 is 1.94 bits per heavy atom. The van der Waals surface area contributed by atoms with Crippen LogP contribution in [0.1, 0.15) is 59.5 Å². The van der Waals surface area contributed by atoms with E-state index in [0.717, 1.165) is 0 Å². The minimum atomic E-state index is -1.12. The van der Waals surface area contributed by atoms with Crippen molar-refractivity contribution in [1.29, 1.82) is 0 Å². The number of benzene rings is 4. The van der Waals surface area contributed by atoms with Crippen LogP contribution in [0.4, 0.5) is 10.7 Å². The summed E-state index contributed by atoms with van der Waals surface area (Å²) in [6.07, 6.45) is -0.825. The van der Waals surface area contributed by atoms with Crippen molar-refractivity contribution in [3.05, 3.63) is 124 Å². The molecule has 242 valence electrons. The van der Waals surface area contributed by atoms with Crippen LogP contribution in [0.25, 0.3) is 11.0 Å². The number of aromatic nitrogens is 2. The first-order valence-electron chi connectivity index (χ1n) is 14.6. The summed E-state index contributed by atoms with van der Waals surface area (Å²) < 4.78 is 15.4. The van der Waals surface area contributed by atoms with Crippen molar-refractivity contribution in [3.8, 4) is 5.75 Å². The lowest BCUT2D eigenvalue weighted by molar-refractivity contribution is -0.163. The zero-order chi connectivity index (χ0) is 34.1. The molecule has 0 aliphatic rings. The van der Waals surface area contributed by atoms with Crippen LogP contribution < -0.4 is 10.1 Å². The molecule has 5 aromatic rings. The van der Waals surface area contributed by atoms with Crippen LogP contribution in [-0.4, -0.2) is 52.4 Å². The molecule has 5 rings (SSSR count). The lowest BCUT2D eigenvalue weighted by atomic mass is 10.0. The average Bonchev–Trinajstić information content (AvgIpc) is 3.46. The molecule has 11 heteroatoms. The number of nitrogens with zero attached hydrogens (tertiary/aromatic N) is 1. The molecule has 0 fully saturated rings. The molecule has 4 aromatic carbocycles. The zero-order valence-corrected chi connectivity index (χ0v) is 27.3. The summed E-state index contributed by atoms with van der Waals surface area (Å²) in [6.45, 7) is 6.85. The van der Waals surface area contributed by atoms with Crippen molar-refractivity contribution < 1.29 is 33.4 Å². The summed E-state index contributed by atoms with van der Waals surface area (Å²) in [5.41, 5.74) is 2.44. The molecular formula is C36H34ClN3O7. The molecule has 0 aliphatic carbocycles. The third-order valence-corrected chi connectivity index (χ3v) is 6.87. The number of carbonyl (C=O) groups excluding carboxylic acids is 4. The number of carbonyl (C=O) groups is 4. The van der Waals surface area contributed by atoms with Crippen molar-refractivity contribution in [3.63, 3.8) is 0 Å². The number of esters is 1. The second-order valence-corrected chi connectivity index (χ2v) is 11.5. The Labute approximate surface area is 277 Å². The molecule has 10 nitrogen and oxygen atoms in total. The summed E-state index contributed by atoms with van der Waals surface area (Å²) in [6, 6.07) is 27.5. The van der Waals surface area contributed by atoms with E-state index in [4.69, 9.17) is 21.1 Å². The zero-order valence-electron chi connectivity index (χ0n) is 26.5. The van der Waals surface area contributed by atoms with Crippen LogP contribution in [0.5, 0.6) is 5.75 Å². The molecule has 1 amide bonds. The maximum atomic E-state index is 12.4. The van der Waals surface area contributed by atoms with Gasteiger partial charge in [0.1, 0.15) is 5.75 Å². The Hall–Kier alpha value is -5.48. The standard InChI is InChI=1S/C20H21ClO4.C16H13N3O3/c1-13(2)24-19(23)20(3,4)25-17-11-7-15(8-12-17)18(22)14-5-9-16(21)10-6-14;1-22-16(21)19-15-17-12-8-7-11(9-13(12)18-15)14(20)10-5-3-2-4-6-10/h5-13H,1-4H3;2-9H,1H3,(H2,17,18,19,21). The fourth-order valence-electron chi connectivity index (χ4n) is 4.25. The molecule has 0 atom stereocenters. The van der Waals surface area contributed by atoms with E-state index < -0.39 is 17.7 Å². The van der Waals surface area contributed by atoms with E-state index in [1.165, 1.54) is 7.11 Å². The summed E-state index contributed by atoms with van der Waals surface area (Å²) in [7, 11) is 1.27. The Balaban J connectivity index is 0.000000214. The number of fused-ring (bicyclic) bond motifs is 1. The molecule has 0 spiro atoms. The van der Waals surface area contributed by atoms with Gasteiger partial charge in [0.25, 0.3) is 0 Å². The molecular weight excluding hydrogens is 622 g/mol. The van der Waals surface area contributed by atoms with E-state index in [9.17, 15) is 19.2 Å². The number of H-pyrrole nitrogens is 1. The van der Waals surface area contributed by atoms with Gasteiger partial charge in [0, 0.05) is 27.3 Å². The van der Waals surface area contributed by atoms with Gasteiger partial charge in [-0.3, -0.25) is 14.9 Å². The van der Waals surface area contributed by atoms with Crippen LogP contribution in [-0.2, 0) is 14.3 Å². The predicted octanol–water partition coefficient (Wildman–Crippen LogP) is 7.65. The van der Waals surface area contributed by atoms with Gasteiger partial charge >= 0.3 is 12.1 Å². The first kappa shape index (κ1) is 34.4. The van der Waals surface area contributed by atoms with Crippen LogP contribution in [0.2, 0.25) is 5.02 Å². The van der Waals surface area contributed by atoms with Gasteiger partial charge in [0.05, 0.1) is 24.2 Å². The third kappa shape index (κ3) is 9.27. The molecule has 0 saturated carbocycles. The first-order chi connectivity index (χ1) is 22.4. The summed E-state index contributed by atoms with van der Waals surface area (Å²) in [5, 5.41) is 3.03. The van der Waals surface area contributed by atoms with Crippen LogP contribution >= 0.6 is 11.6 Å². The molecule has 47 heavy (non-hydrogen) atoms. The van der Waals surface area contributed by atoms with Gasteiger partial charge in [-0.15, -0.1) is 0 Å². The van der Waals surface area contributed by atoms with Crippen LogP contribution in [0.15, 0.2) is 97.1 Å². The van der Waals surface area contributed by atoms with Gasteiger partial charge in [0.15, 0.2) is 17.2 Å². The maximum Gasteiger partial charge on any atom is 0.413 e. The molecule has 0 unspecified atom stereocenters. The van der Waals surface area contributed by atoms with Gasteiger partial charge < -0.3 is 19.2 Å². The molecule has 0 aliphatic heterocycles. The molecule has 2 N–H and O–H groups in total. The Morgan fingerprint density at radius 1 is 0.787 bits per heavy atom. The number of anilines is 1. The number of hydrogen-bond acceptors (Lipinski definition) is 8. The summed E-state index contributed by atoms with van der Waals surface area (Å²) in [5.74, 6) is 0.134. The van der Waals surface area contributed by atoms with E-state index in [0.29, 0.717) is 44.1 Å². The molecule has 1 aromatic heterocycles. The van der Waals surface area contributed by atoms with Gasteiger partial charge in [-0.1, -0.05) is 41.9 Å². The Kier molecular flexibility index (Phi) is 11.1. The number of ketones is 2. The highest BCUT2D eigenvalue weighted by atomic mass is 35.5. The topological polar surface area (TPSA) is 137 Å². The number of amides is 1. The predicted molar refractivity (Wildman–Crippen MR) is 179 cm³/mol. The first-order valence-corrected chi connectivity index (χ1v) is 15.0. The fourth-order valence-corrected chi connectivity index (χ4v) is 4.37. The third-order valence-electron chi connectivity index (χ3n) is 6.62. The second-order valence-electron chi connectivity index (χ2n) is 11.1. The summed E-state index contributed by atoms with van der Waals surface area (Å²) >= 11 is 5.84. The SMILES string of the molecule is CC(C)OC(=O)C(C)(C)Oc1ccc(C(=O)c2ccc(Cl)cc2)cc1.COC(=O)Nc1nc2ccc(C(=O)c3ccccc3)cc2[nH]1. The normalized spacial score (nSPS) is 10.9. The molecule has 0 saturated heterocycles. The number of rotatable bonds is 9.